The number of nitrogens with zero attached hydrogens (tertiary/aromatic N) is 1. The van der Waals surface area contributed by atoms with Gasteiger partial charge in [-0.2, -0.15) is 0 Å². The minimum Gasteiger partial charge on any atom is -0.491 e. The van der Waals surface area contributed by atoms with Gasteiger partial charge in [0.1, 0.15) is 5.69 Å². The van der Waals surface area contributed by atoms with E-state index in [4.69, 9.17) is 4.74 Å². The number of likely N-dealkylation sites (tertiary alicyclic amines) is 1. The predicted molar refractivity (Wildman–Crippen MR) is 87.8 cm³/mol. The first kappa shape index (κ1) is 15.3. The van der Waals surface area contributed by atoms with Crippen molar-refractivity contribution in [3.05, 3.63) is 63.6 Å². The first-order valence-corrected chi connectivity index (χ1v) is 7.75. The van der Waals surface area contributed by atoms with Gasteiger partial charge in [0.05, 0.1) is 13.2 Å². The lowest BCUT2D eigenvalue weighted by Crippen LogP contribution is -2.32. The summed E-state index contributed by atoms with van der Waals surface area (Å²) in [5, 5.41) is 0. The summed E-state index contributed by atoms with van der Waals surface area (Å²) in [6, 6.07) is 9.51. The summed E-state index contributed by atoms with van der Waals surface area (Å²) >= 11 is 0. The largest absolute Gasteiger partial charge is 0.491 e. The van der Waals surface area contributed by atoms with Crippen LogP contribution >= 0.6 is 0 Å². The maximum atomic E-state index is 12.8. The fourth-order valence-electron chi connectivity index (χ4n) is 3.19. The molecule has 1 aromatic carbocycles. The highest BCUT2D eigenvalue weighted by Crippen LogP contribution is 2.34. The highest BCUT2D eigenvalue weighted by atomic mass is 16.5. The first-order chi connectivity index (χ1) is 11.1. The zero-order valence-electron chi connectivity index (χ0n) is 13.3. The van der Waals surface area contributed by atoms with Gasteiger partial charge in [-0.1, -0.05) is 24.3 Å². The van der Waals surface area contributed by atoms with E-state index >= 15 is 0 Å². The lowest BCUT2D eigenvalue weighted by Gasteiger charge is -2.26. The lowest BCUT2D eigenvalue weighted by molar-refractivity contribution is 0.0729. The van der Waals surface area contributed by atoms with Gasteiger partial charge in [0.2, 0.25) is 5.43 Å². The molecule has 2 aromatic rings. The SMILES string of the molecule is COc1c[nH]c(C(=O)N2CCCC2c2ccccc2C)cc1=O. The van der Waals surface area contributed by atoms with Crippen LogP contribution in [-0.4, -0.2) is 29.4 Å². The fourth-order valence-corrected chi connectivity index (χ4v) is 3.19. The Morgan fingerprint density at radius 2 is 2.13 bits per heavy atom. The Morgan fingerprint density at radius 3 is 2.83 bits per heavy atom. The average molecular weight is 312 g/mol. The molecule has 0 aliphatic carbocycles. The standard InChI is InChI=1S/C18H20N2O3/c1-12-6-3-4-7-13(12)15-8-5-9-20(15)18(22)14-10-16(21)17(23-2)11-19-14/h3-4,6-7,10-11,15H,5,8-9H2,1-2H3,(H,19,21). The number of carbonyl (C=O) groups excluding carboxylic acids is 1. The number of hydrogen-bond donors (Lipinski definition) is 1. The molecule has 0 saturated carbocycles. The second-order valence-electron chi connectivity index (χ2n) is 5.79. The predicted octanol–water partition coefficient (Wildman–Crippen LogP) is 2.67. The van der Waals surface area contributed by atoms with Crippen molar-refractivity contribution in [2.75, 3.05) is 13.7 Å². The van der Waals surface area contributed by atoms with Gasteiger partial charge >= 0.3 is 0 Å². The molecule has 0 bridgehead atoms. The van der Waals surface area contributed by atoms with Crippen molar-refractivity contribution in [1.29, 1.82) is 0 Å². The topological polar surface area (TPSA) is 62.4 Å². The summed E-state index contributed by atoms with van der Waals surface area (Å²) in [5.41, 5.74) is 2.37. The third-order valence-electron chi connectivity index (χ3n) is 4.39. The normalized spacial score (nSPS) is 17.3. The van der Waals surface area contributed by atoms with E-state index in [2.05, 4.69) is 24.0 Å². The van der Waals surface area contributed by atoms with Crippen LogP contribution in [0.1, 0.15) is 40.5 Å². The highest BCUT2D eigenvalue weighted by Gasteiger charge is 2.31. The van der Waals surface area contributed by atoms with E-state index in [1.54, 1.807) is 0 Å². The molecule has 5 heteroatoms. The summed E-state index contributed by atoms with van der Waals surface area (Å²) in [6.45, 7) is 2.76. The van der Waals surface area contributed by atoms with Crippen LogP contribution in [0.25, 0.3) is 0 Å². The molecule has 0 radical (unpaired) electrons. The molecular formula is C18H20N2O3. The van der Waals surface area contributed by atoms with Crippen LogP contribution in [0.15, 0.2) is 41.3 Å². The van der Waals surface area contributed by atoms with Gasteiger partial charge in [0, 0.05) is 18.8 Å². The van der Waals surface area contributed by atoms with Crippen molar-refractivity contribution < 1.29 is 9.53 Å². The van der Waals surface area contributed by atoms with Gasteiger partial charge in [0.25, 0.3) is 5.91 Å². The minimum atomic E-state index is -0.291. The van der Waals surface area contributed by atoms with E-state index in [1.165, 1.54) is 30.5 Å². The average Bonchev–Trinajstić information content (AvgIpc) is 3.04. The van der Waals surface area contributed by atoms with Crippen LogP contribution < -0.4 is 10.2 Å². The minimum absolute atomic E-state index is 0.0642. The van der Waals surface area contributed by atoms with Crippen LogP contribution in [0, 0.1) is 6.92 Å². The highest BCUT2D eigenvalue weighted by molar-refractivity contribution is 5.92. The number of nitrogens with one attached hydrogen (secondary N) is 1. The molecule has 1 fully saturated rings. The molecular weight excluding hydrogens is 292 g/mol. The molecule has 5 nitrogen and oxygen atoms in total. The Morgan fingerprint density at radius 1 is 1.35 bits per heavy atom. The third-order valence-corrected chi connectivity index (χ3v) is 4.39. The first-order valence-electron chi connectivity index (χ1n) is 7.75. The molecule has 1 aliphatic heterocycles. The molecule has 23 heavy (non-hydrogen) atoms. The van der Waals surface area contributed by atoms with Crippen LogP contribution in [0.5, 0.6) is 5.75 Å². The van der Waals surface area contributed by atoms with E-state index in [1.807, 2.05) is 17.0 Å². The number of carbonyl (C=O) groups is 1. The number of amides is 1. The van der Waals surface area contributed by atoms with Crippen LogP contribution in [-0.2, 0) is 0 Å². The Kier molecular flexibility index (Phi) is 4.19. The molecule has 1 aromatic heterocycles. The number of ether oxygens (including phenoxy) is 1. The molecule has 1 aliphatic rings. The van der Waals surface area contributed by atoms with E-state index in [9.17, 15) is 9.59 Å². The second kappa shape index (κ2) is 6.28. The van der Waals surface area contributed by atoms with Crippen LogP contribution in [0.3, 0.4) is 0 Å². The van der Waals surface area contributed by atoms with E-state index in [0.29, 0.717) is 12.2 Å². The molecule has 120 valence electrons. The third kappa shape index (κ3) is 2.86. The Bertz CT molecular complexity index is 782. The van der Waals surface area contributed by atoms with Gasteiger partial charge in [-0.15, -0.1) is 0 Å². The molecule has 1 amide bonds. The fraction of sp³-hybridized carbons (Fsp3) is 0.333. The van der Waals surface area contributed by atoms with Gasteiger partial charge in [-0.05, 0) is 30.9 Å². The maximum Gasteiger partial charge on any atom is 0.270 e. The zero-order chi connectivity index (χ0) is 16.4. The molecule has 0 spiro atoms. The monoisotopic (exact) mass is 312 g/mol. The molecule has 1 saturated heterocycles. The molecule has 3 rings (SSSR count). The number of aryl methyl sites for hydroxylation is 1. The molecule has 1 N–H and O–H groups in total. The summed E-state index contributed by atoms with van der Waals surface area (Å²) in [6.07, 6.45) is 3.34. The van der Waals surface area contributed by atoms with Crippen LogP contribution in [0.2, 0.25) is 0 Å². The number of benzene rings is 1. The maximum absolute atomic E-state index is 12.8. The zero-order valence-corrected chi connectivity index (χ0v) is 13.3. The Balaban J connectivity index is 1.91. The van der Waals surface area contributed by atoms with Gasteiger partial charge in [0.15, 0.2) is 5.75 Å². The molecule has 1 atom stereocenters. The van der Waals surface area contributed by atoms with Gasteiger partial charge in [-0.25, -0.2) is 0 Å². The number of aromatic amines is 1. The summed E-state index contributed by atoms with van der Waals surface area (Å²) in [4.78, 5) is 29.4. The molecule has 1 unspecified atom stereocenters. The van der Waals surface area contributed by atoms with Crippen molar-refractivity contribution in [3.63, 3.8) is 0 Å². The number of methoxy groups -OCH3 is 1. The van der Waals surface area contributed by atoms with Gasteiger partial charge in [-0.3, -0.25) is 9.59 Å². The van der Waals surface area contributed by atoms with E-state index in [0.717, 1.165) is 12.8 Å². The van der Waals surface area contributed by atoms with Crippen molar-refractivity contribution in [2.24, 2.45) is 0 Å². The summed E-state index contributed by atoms with van der Waals surface area (Å²) in [7, 11) is 1.43. The smallest absolute Gasteiger partial charge is 0.270 e. The summed E-state index contributed by atoms with van der Waals surface area (Å²) in [5.74, 6) is 0.0638. The second-order valence-corrected chi connectivity index (χ2v) is 5.79. The quantitative estimate of drug-likeness (QED) is 0.948. The van der Waals surface area contributed by atoms with Gasteiger partial charge < -0.3 is 14.6 Å². The number of H-pyrrole nitrogens is 1. The van der Waals surface area contributed by atoms with E-state index < -0.39 is 0 Å². The van der Waals surface area contributed by atoms with Crippen molar-refractivity contribution >= 4 is 5.91 Å². The van der Waals surface area contributed by atoms with Crippen molar-refractivity contribution in [3.8, 4) is 5.75 Å². The van der Waals surface area contributed by atoms with E-state index in [-0.39, 0.29) is 23.1 Å². The number of aromatic nitrogens is 1. The Hall–Kier alpha value is -2.56. The number of rotatable bonds is 3. The summed E-state index contributed by atoms with van der Waals surface area (Å²) < 4.78 is 4.94. The van der Waals surface area contributed by atoms with Crippen molar-refractivity contribution in [1.82, 2.24) is 9.88 Å². The van der Waals surface area contributed by atoms with Crippen molar-refractivity contribution in [2.45, 2.75) is 25.8 Å². The lowest BCUT2D eigenvalue weighted by atomic mass is 9.99. The Labute approximate surface area is 134 Å². The number of pyridine rings is 1. The molecule has 2 heterocycles. The van der Waals surface area contributed by atoms with Crippen LogP contribution in [0.4, 0.5) is 0 Å². The number of hydrogen-bond acceptors (Lipinski definition) is 3.